The molecule has 4 fully saturated rings. The van der Waals surface area contributed by atoms with Gasteiger partial charge in [-0.25, -0.2) is 0 Å². The first-order chi connectivity index (χ1) is 11.8. The summed E-state index contributed by atoms with van der Waals surface area (Å²) in [5.74, 6) is 1.44. The fourth-order valence-corrected chi connectivity index (χ4v) is 7.12. The maximum atomic E-state index is 13.2. The van der Waals surface area contributed by atoms with Gasteiger partial charge in [0.1, 0.15) is 0 Å². The summed E-state index contributed by atoms with van der Waals surface area (Å²) in [6.07, 6.45) is 6.68. The summed E-state index contributed by atoms with van der Waals surface area (Å²) in [6, 6.07) is 7.27. The summed E-state index contributed by atoms with van der Waals surface area (Å²) in [5.41, 5.74) is 1.08. The van der Waals surface area contributed by atoms with Crippen LogP contribution in [0.25, 0.3) is 0 Å². The van der Waals surface area contributed by atoms with Gasteiger partial charge in [-0.05, 0) is 68.6 Å². The highest BCUT2D eigenvalue weighted by molar-refractivity contribution is 9.10. The summed E-state index contributed by atoms with van der Waals surface area (Å²) in [5, 5.41) is 3.12. The van der Waals surface area contributed by atoms with E-state index in [0.717, 1.165) is 24.9 Å². The summed E-state index contributed by atoms with van der Waals surface area (Å²) < 4.78 is 0.164. The number of nitrogens with zero attached hydrogens (tertiary/aromatic N) is 1. The van der Waals surface area contributed by atoms with E-state index in [0.29, 0.717) is 17.4 Å². The molecule has 0 aromatic heterocycles. The van der Waals surface area contributed by atoms with Crippen molar-refractivity contribution in [1.82, 2.24) is 4.90 Å². The second kappa shape index (κ2) is 5.83. The second-order valence-corrected chi connectivity index (χ2v) is 10.3. The van der Waals surface area contributed by atoms with Gasteiger partial charge in [-0.15, -0.1) is 0 Å². The van der Waals surface area contributed by atoms with Crippen LogP contribution >= 0.6 is 15.9 Å². The van der Waals surface area contributed by atoms with Gasteiger partial charge < -0.3 is 10.2 Å². The smallest absolute Gasteiger partial charge is 0.253 e. The normalized spacial score (nSPS) is 35.5. The fourth-order valence-electron chi connectivity index (χ4n) is 5.67. The highest BCUT2D eigenvalue weighted by atomic mass is 79.9. The maximum Gasteiger partial charge on any atom is 0.253 e. The molecular formula is C20H25BrN2O2. The van der Waals surface area contributed by atoms with E-state index in [1.54, 1.807) is 31.1 Å². The van der Waals surface area contributed by atoms with Crippen molar-refractivity contribution in [3.8, 4) is 0 Å². The molecule has 0 heterocycles. The Labute approximate surface area is 157 Å². The van der Waals surface area contributed by atoms with Gasteiger partial charge >= 0.3 is 0 Å². The number of hydrogen-bond donors (Lipinski definition) is 1. The summed E-state index contributed by atoms with van der Waals surface area (Å²) in [6.45, 7) is 0. The van der Waals surface area contributed by atoms with E-state index in [1.807, 2.05) is 12.1 Å². The number of anilines is 1. The minimum Gasteiger partial charge on any atom is -0.345 e. The molecule has 0 aliphatic heterocycles. The molecule has 4 saturated carbocycles. The van der Waals surface area contributed by atoms with Gasteiger partial charge in [0, 0.05) is 29.7 Å². The average molecular weight is 405 g/mol. The summed E-state index contributed by atoms with van der Waals surface area (Å²) >= 11 is 3.96. The van der Waals surface area contributed by atoms with Crippen molar-refractivity contribution in [1.29, 1.82) is 0 Å². The number of nitrogens with one attached hydrogen (secondary N) is 1. The number of carbonyl (C=O) groups is 2. The van der Waals surface area contributed by atoms with Crippen molar-refractivity contribution >= 4 is 33.4 Å². The Bertz CT molecular complexity index is 716. The Balaban J connectivity index is 1.55. The van der Waals surface area contributed by atoms with Crippen LogP contribution in [-0.2, 0) is 4.79 Å². The zero-order valence-corrected chi connectivity index (χ0v) is 16.4. The summed E-state index contributed by atoms with van der Waals surface area (Å²) in [7, 11) is 3.47. The zero-order chi connectivity index (χ0) is 17.8. The Morgan fingerprint density at radius 3 is 2.44 bits per heavy atom. The Morgan fingerprint density at radius 1 is 1.16 bits per heavy atom. The van der Waals surface area contributed by atoms with Crippen molar-refractivity contribution in [2.45, 2.75) is 42.8 Å². The lowest BCUT2D eigenvalue weighted by molar-refractivity contribution is -0.138. The fraction of sp³-hybridized carbons (Fsp3) is 0.600. The number of alkyl halides is 1. The summed E-state index contributed by atoms with van der Waals surface area (Å²) in [4.78, 5) is 26.9. The first-order valence-corrected chi connectivity index (χ1v) is 9.90. The molecule has 2 atom stereocenters. The lowest BCUT2D eigenvalue weighted by Gasteiger charge is -2.59. The number of hydrogen-bond acceptors (Lipinski definition) is 2. The largest absolute Gasteiger partial charge is 0.345 e. The van der Waals surface area contributed by atoms with Gasteiger partial charge in [-0.1, -0.05) is 22.0 Å². The molecular weight excluding hydrogens is 380 g/mol. The molecule has 5 rings (SSSR count). The highest BCUT2D eigenvalue weighted by Gasteiger charge is 2.59. The molecule has 5 heteroatoms. The third-order valence-corrected chi connectivity index (χ3v) is 7.17. The van der Waals surface area contributed by atoms with Crippen LogP contribution in [0, 0.1) is 17.3 Å². The standard InChI is InChI=1S/C20H25BrN2O2/c1-23(2)17(24)15-4-3-5-16(7-15)22-18(25)19-8-13-6-14(9-19)11-20(21,10-13)12-19/h3-5,7,13-14H,6,8-12H2,1-2H3,(H,22,25). The first-order valence-electron chi connectivity index (χ1n) is 9.11. The SMILES string of the molecule is CN(C)C(=O)c1cccc(NC(=O)C23CC4CC(CC(Br)(C4)C2)C3)c1. The number of amides is 2. The Hall–Kier alpha value is -1.36. The van der Waals surface area contributed by atoms with Crippen LogP contribution in [0.1, 0.15) is 48.9 Å². The van der Waals surface area contributed by atoms with E-state index in [1.165, 1.54) is 19.3 Å². The van der Waals surface area contributed by atoms with Gasteiger partial charge in [-0.2, -0.15) is 0 Å². The third-order valence-electron chi connectivity index (χ3n) is 6.24. The third kappa shape index (κ3) is 3.01. The van der Waals surface area contributed by atoms with Gasteiger partial charge in [0.05, 0.1) is 5.41 Å². The molecule has 0 radical (unpaired) electrons. The lowest BCUT2D eigenvalue weighted by Crippen LogP contribution is -2.57. The maximum absolute atomic E-state index is 13.2. The minimum atomic E-state index is -0.241. The van der Waals surface area contributed by atoms with Crippen LogP contribution in [0.4, 0.5) is 5.69 Å². The molecule has 0 saturated heterocycles. The average Bonchev–Trinajstić information content (AvgIpc) is 2.52. The quantitative estimate of drug-likeness (QED) is 0.772. The molecule has 4 aliphatic rings. The van der Waals surface area contributed by atoms with Gasteiger partial charge in [0.2, 0.25) is 5.91 Å². The number of carbonyl (C=O) groups excluding carboxylic acids is 2. The van der Waals surface area contributed by atoms with Crippen LogP contribution in [0.3, 0.4) is 0 Å². The lowest BCUT2D eigenvalue weighted by atomic mass is 9.49. The Morgan fingerprint density at radius 2 is 1.84 bits per heavy atom. The molecule has 1 aromatic rings. The van der Waals surface area contributed by atoms with Crippen LogP contribution in [0.5, 0.6) is 0 Å². The molecule has 0 spiro atoms. The molecule has 4 aliphatic carbocycles. The van der Waals surface area contributed by atoms with E-state index in [-0.39, 0.29) is 21.6 Å². The van der Waals surface area contributed by atoms with Gasteiger partial charge in [0.15, 0.2) is 0 Å². The van der Waals surface area contributed by atoms with Crippen LogP contribution < -0.4 is 5.32 Å². The van der Waals surface area contributed by atoms with Crippen LogP contribution in [-0.4, -0.2) is 35.1 Å². The number of benzene rings is 1. The van der Waals surface area contributed by atoms with Gasteiger partial charge in [-0.3, -0.25) is 9.59 Å². The van der Waals surface area contributed by atoms with E-state index in [9.17, 15) is 9.59 Å². The van der Waals surface area contributed by atoms with Crippen molar-refractivity contribution < 1.29 is 9.59 Å². The predicted molar refractivity (Wildman–Crippen MR) is 102 cm³/mol. The number of rotatable bonds is 3. The highest BCUT2D eigenvalue weighted by Crippen LogP contribution is 2.64. The molecule has 1 N–H and O–H groups in total. The van der Waals surface area contributed by atoms with E-state index in [2.05, 4.69) is 21.2 Å². The van der Waals surface area contributed by atoms with Crippen LogP contribution in [0.2, 0.25) is 0 Å². The molecule has 4 nitrogen and oxygen atoms in total. The van der Waals surface area contributed by atoms with Gasteiger partial charge in [0.25, 0.3) is 5.91 Å². The van der Waals surface area contributed by atoms with Crippen LogP contribution in [0.15, 0.2) is 24.3 Å². The second-order valence-electron chi connectivity index (χ2n) is 8.63. The van der Waals surface area contributed by atoms with E-state index < -0.39 is 0 Å². The zero-order valence-electron chi connectivity index (χ0n) is 14.8. The molecule has 2 amide bonds. The molecule has 4 bridgehead atoms. The Kier molecular flexibility index (Phi) is 3.98. The van der Waals surface area contributed by atoms with Crippen molar-refractivity contribution in [3.63, 3.8) is 0 Å². The molecule has 25 heavy (non-hydrogen) atoms. The molecule has 1 aromatic carbocycles. The molecule has 2 unspecified atom stereocenters. The van der Waals surface area contributed by atoms with E-state index >= 15 is 0 Å². The van der Waals surface area contributed by atoms with E-state index in [4.69, 9.17) is 0 Å². The first kappa shape index (κ1) is 17.1. The minimum absolute atomic E-state index is 0.0506. The van der Waals surface area contributed by atoms with Crippen molar-refractivity contribution in [3.05, 3.63) is 29.8 Å². The predicted octanol–water partition coefficient (Wildman–Crippen LogP) is 4.06. The van der Waals surface area contributed by atoms with Crippen molar-refractivity contribution in [2.24, 2.45) is 17.3 Å². The molecule has 134 valence electrons. The van der Waals surface area contributed by atoms with Crippen molar-refractivity contribution in [2.75, 3.05) is 19.4 Å². The monoisotopic (exact) mass is 404 g/mol. The topological polar surface area (TPSA) is 49.4 Å². The number of halogens is 1.